The predicted octanol–water partition coefficient (Wildman–Crippen LogP) is 4.37. The van der Waals surface area contributed by atoms with Gasteiger partial charge in [-0.2, -0.15) is 5.26 Å². The van der Waals surface area contributed by atoms with Crippen LogP contribution in [0, 0.1) is 25.2 Å². The summed E-state index contributed by atoms with van der Waals surface area (Å²) < 4.78 is 7.32. The molecule has 30 heavy (non-hydrogen) atoms. The molecular weight excluding hydrogens is 374 g/mol. The summed E-state index contributed by atoms with van der Waals surface area (Å²) in [5.41, 5.74) is 5.06. The van der Waals surface area contributed by atoms with Crippen molar-refractivity contribution in [3.63, 3.8) is 0 Å². The second-order valence-corrected chi connectivity index (χ2v) is 7.02. The van der Waals surface area contributed by atoms with E-state index in [-0.39, 0.29) is 11.5 Å². The molecule has 1 heterocycles. The molecule has 0 aliphatic rings. The number of methoxy groups -OCH3 is 1. The van der Waals surface area contributed by atoms with E-state index in [9.17, 15) is 10.1 Å². The molecule has 1 N–H and O–H groups in total. The van der Waals surface area contributed by atoms with Gasteiger partial charge in [-0.15, -0.1) is 0 Å². The van der Waals surface area contributed by atoms with Crippen LogP contribution in [0.15, 0.2) is 66.2 Å². The first-order valence-electron chi connectivity index (χ1n) is 9.80. The molecule has 0 radical (unpaired) electrons. The number of carbonyl (C=O) groups is 1. The highest BCUT2D eigenvalue weighted by molar-refractivity contribution is 6.01. The lowest BCUT2D eigenvalue weighted by molar-refractivity contribution is -0.117. The zero-order valence-electron chi connectivity index (χ0n) is 17.5. The summed E-state index contributed by atoms with van der Waals surface area (Å²) in [5.74, 6) is 0.433. The number of rotatable bonds is 7. The molecule has 1 amide bonds. The number of nitrogens with one attached hydrogen (secondary N) is 1. The van der Waals surface area contributed by atoms with Crippen molar-refractivity contribution >= 4 is 12.0 Å². The zero-order chi connectivity index (χ0) is 21.5. The lowest BCUT2D eigenvalue weighted by atomic mass is 10.1. The van der Waals surface area contributed by atoms with E-state index in [2.05, 4.69) is 9.88 Å². The largest absolute Gasteiger partial charge is 0.497 e. The smallest absolute Gasteiger partial charge is 0.261 e. The molecule has 152 valence electrons. The highest BCUT2D eigenvalue weighted by Crippen LogP contribution is 2.24. The minimum absolute atomic E-state index is 0.0954. The third kappa shape index (κ3) is 4.79. The molecule has 0 bridgehead atoms. The van der Waals surface area contributed by atoms with Crippen molar-refractivity contribution < 1.29 is 9.53 Å². The highest BCUT2D eigenvalue weighted by atomic mass is 16.5. The number of nitriles is 1. The van der Waals surface area contributed by atoms with Crippen molar-refractivity contribution in [2.75, 3.05) is 13.7 Å². The molecule has 0 aliphatic carbocycles. The Kier molecular flexibility index (Phi) is 6.71. The third-order valence-electron chi connectivity index (χ3n) is 5.01. The average molecular weight is 399 g/mol. The van der Waals surface area contributed by atoms with Crippen molar-refractivity contribution in [3.8, 4) is 17.5 Å². The third-order valence-corrected chi connectivity index (χ3v) is 5.01. The van der Waals surface area contributed by atoms with Gasteiger partial charge in [-0.1, -0.05) is 30.3 Å². The summed E-state index contributed by atoms with van der Waals surface area (Å²) in [4.78, 5) is 12.5. The van der Waals surface area contributed by atoms with Gasteiger partial charge in [-0.05, 0) is 67.8 Å². The molecule has 3 aromatic rings. The van der Waals surface area contributed by atoms with Crippen molar-refractivity contribution in [2.45, 2.75) is 20.3 Å². The fourth-order valence-corrected chi connectivity index (χ4v) is 3.43. The van der Waals surface area contributed by atoms with Crippen molar-refractivity contribution in [3.05, 3.63) is 88.8 Å². The zero-order valence-corrected chi connectivity index (χ0v) is 17.5. The molecule has 0 atom stereocenters. The van der Waals surface area contributed by atoms with E-state index in [1.165, 1.54) is 0 Å². The molecule has 3 rings (SSSR count). The molecule has 5 heteroatoms. The fraction of sp³-hybridized carbons (Fsp3) is 0.200. The first-order valence-corrected chi connectivity index (χ1v) is 9.80. The molecule has 0 unspecified atom stereocenters. The van der Waals surface area contributed by atoms with Gasteiger partial charge in [0.05, 0.1) is 7.11 Å². The van der Waals surface area contributed by atoms with Crippen LogP contribution >= 0.6 is 0 Å². The summed E-state index contributed by atoms with van der Waals surface area (Å²) in [6.45, 7) is 4.46. The summed E-state index contributed by atoms with van der Waals surface area (Å²) in [6, 6.07) is 21.7. The first-order chi connectivity index (χ1) is 14.5. The minimum Gasteiger partial charge on any atom is -0.497 e. The van der Waals surface area contributed by atoms with E-state index < -0.39 is 0 Å². The number of aromatic nitrogens is 1. The van der Waals surface area contributed by atoms with Gasteiger partial charge >= 0.3 is 0 Å². The normalized spacial score (nSPS) is 11.1. The SMILES string of the molecule is COc1ccc(-n2c(C)cc(/C=C(\C#N)C(=O)NCCc3ccccc3)c2C)cc1. The Morgan fingerprint density at radius 1 is 1.13 bits per heavy atom. The van der Waals surface area contributed by atoms with Crippen LogP contribution in [0.4, 0.5) is 0 Å². The monoisotopic (exact) mass is 399 g/mol. The van der Waals surface area contributed by atoms with Crippen molar-refractivity contribution in [2.24, 2.45) is 0 Å². The molecule has 0 saturated carbocycles. The molecular formula is C25H25N3O2. The first kappa shape index (κ1) is 20.9. The van der Waals surface area contributed by atoms with Gasteiger partial charge in [0.1, 0.15) is 17.4 Å². The Morgan fingerprint density at radius 2 is 1.83 bits per heavy atom. The Hall–Kier alpha value is -3.78. The summed E-state index contributed by atoms with van der Waals surface area (Å²) >= 11 is 0. The highest BCUT2D eigenvalue weighted by Gasteiger charge is 2.13. The Labute approximate surface area is 177 Å². The molecule has 1 aromatic heterocycles. The van der Waals surface area contributed by atoms with Crippen molar-refractivity contribution in [1.29, 1.82) is 5.26 Å². The van der Waals surface area contributed by atoms with Gasteiger partial charge in [0, 0.05) is 23.6 Å². The van der Waals surface area contributed by atoms with Crippen LogP contribution in [-0.4, -0.2) is 24.1 Å². The summed E-state index contributed by atoms with van der Waals surface area (Å²) in [5, 5.41) is 12.4. The van der Waals surface area contributed by atoms with E-state index in [0.717, 1.165) is 40.4 Å². The summed E-state index contributed by atoms with van der Waals surface area (Å²) in [7, 11) is 1.64. The van der Waals surface area contributed by atoms with E-state index in [1.807, 2.05) is 80.6 Å². The van der Waals surface area contributed by atoms with Crippen molar-refractivity contribution in [1.82, 2.24) is 9.88 Å². The number of amides is 1. The van der Waals surface area contributed by atoms with Gasteiger partial charge in [0.2, 0.25) is 0 Å². The second kappa shape index (κ2) is 9.62. The second-order valence-electron chi connectivity index (χ2n) is 7.02. The van der Waals surface area contributed by atoms with Crippen LogP contribution in [-0.2, 0) is 11.2 Å². The van der Waals surface area contributed by atoms with Crippen LogP contribution in [0.2, 0.25) is 0 Å². The predicted molar refractivity (Wildman–Crippen MR) is 119 cm³/mol. The Bertz CT molecular complexity index is 1090. The van der Waals surface area contributed by atoms with E-state index in [0.29, 0.717) is 6.54 Å². The number of nitrogens with zero attached hydrogens (tertiary/aromatic N) is 2. The fourth-order valence-electron chi connectivity index (χ4n) is 3.43. The number of carbonyl (C=O) groups excluding carboxylic acids is 1. The van der Waals surface area contributed by atoms with Gasteiger partial charge in [-0.3, -0.25) is 4.79 Å². The molecule has 0 fully saturated rings. The van der Waals surface area contributed by atoms with Crippen LogP contribution in [0.25, 0.3) is 11.8 Å². The average Bonchev–Trinajstić information content (AvgIpc) is 3.05. The lowest BCUT2D eigenvalue weighted by Crippen LogP contribution is -2.26. The van der Waals surface area contributed by atoms with Crippen LogP contribution in [0.5, 0.6) is 5.75 Å². The quantitative estimate of drug-likeness (QED) is 0.474. The maximum absolute atomic E-state index is 12.5. The van der Waals surface area contributed by atoms with Crippen LogP contribution in [0.1, 0.15) is 22.5 Å². The Morgan fingerprint density at radius 3 is 2.47 bits per heavy atom. The number of benzene rings is 2. The van der Waals surface area contributed by atoms with E-state index in [4.69, 9.17) is 4.74 Å². The van der Waals surface area contributed by atoms with Gasteiger partial charge in [0.15, 0.2) is 0 Å². The maximum atomic E-state index is 12.5. The number of hydrogen-bond acceptors (Lipinski definition) is 3. The lowest BCUT2D eigenvalue weighted by Gasteiger charge is -2.10. The van der Waals surface area contributed by atoms with Gasteiger partial charge < -0.3 is 14.6 Å². The molecule has 0 saturated heterocycles. The molecule has 5 nitrogen and oxygen atoms in total. The van der Waals surface area contributed by atoms with E-state index >= 15 is 0 Å². The van der Waals surface area contributed by atoms with Gasteiger partial charge in [0.25, 0.3) is 5.91 Å². The van der Waals surface area contributed by atoms with Crippen LogP contribution in [0.3, 0.4) is 0 Å². The van der Waals surface area contributed by atoms with Crippen LogP contribution < -0.4 is 10.1 Å². The maximum Gasteiger partial charge on any atom is 0.261 e. The van der Waals surface area contributed by atoms with E-state index in [1.54, 1.807) is 13.2 Å². The van der Waals surface area contributed by atoms with Gasteiger partial charge in [-0.25, -0.2) is 0 Å². The molecule has 2 aromatic carbocycles. The number of aryl methyl sites for hydroxylation is 1. The Balaban J connectivity index is 1.76. The molecule has 0 spiro atoms. The summed E-state index contributed by atoms with van der Waals surface area (Å²) in [6.07, 6.45) is 2.37. The molecule has 0 aliphatic heterocycles. The number of ether oxygens (including phenoxy) is 1. The number of hydrogen-bond donors (Lipinski definition) is 1. The minimum atomic E-state index is -0.359. The topological polar surface area (TPSA) is 67.0 Å². The standard InChI is InChI=1S/C25H25N3O2/c1-18-15-21(19(2)28(18)23-9-11-24(30-3)12-10-23)16-22(17-26)25(29)27-14-13-20-7-5-4-6-8-20/h4-12,15-16H,13-14H2,1-3H3,(H,27,29)/b22-16+.